The third-order valence-corrected chi connectivity index (χ3v) is 4.38. The number of piperazine rings is 1. The Morgan fingerprint density at radius 3 is 2.60 bits per heavy atom. The predicted molar refractivity (Wildman–Crippen MR) is 97.6 cm³/mol. The molecule has 2 aromatic rings. The Morgan fingerprint density at radius 1 is 1.32 bits per heavy atom. The lowest BCUT2D eigenvalue weighted by Gasteiger charge is -2.37. The fraction of sp³-hybridized carbons (Fsp3) is 0.471. The molecule has 1 saturated heterocycles. The maximum absolute atomic E-state index is 12.2. The second-order valence-electron chi connectivity index (χ2n) is 6.96. The Kier molecular flexibility index (Phi) is 4.60. The first kappa shape index (κ1) is 17.5. The smallest absolute Gasteiger partial charge is 0.410 e. The Labute approximate surface area is 154 Å². The maximum Gasteiger partial charge on any atom is 0.410 e. The predicted octanol–water partition coefficient (Wildman–Crippen LogP) is 3.03. The van der Waals surface area contributed by atoms with Gasteiger partial charge >= 0.3 is 6.09 Å². The fourth-order valence-corrected chi connectivity index (χ4v) is 3.26. The van der Waals surface area contributed by atoms with Crippen LogP contribution in [0.5, 0.6) is 0 Å². The van der Waals surface area contributed by atoms with E-state index in [0.717, 1.165) is 15.7 Å². The van der Waals surface area contributed by atoms with Crippen LogP contribution in [0.4, 0.5) is 10.5 Å². The zero-order valence-electron chi connectivity index (χ0n) is 14.5. The summed E-state index contributed by atoms with van der Waals surface area (Å²) in [5.74, 6) is 0. The number of nitriles is 1. The molecule has 0 aromatic carbocycles. The molecular weight excluding hydrogens is 386 g/mol. The lowest BCUT2D eigenvalue weighted by atomic mass is 10.2. The van der Waals surface area contributed by atoms with Gasteiger partial charge in [0.1, 0.15) is 17.2 Å². The van der Waals surface area contributed by atoms with E-state index < -0.39 is 5.60 Å². The normalized spacial score (nSPS) is 15.3. The number of pyridine rings is 1. The van der Waals surface area contributed by atoms with Crippen molar-refractivity contribution in [2.24, 2.45) is 0 Å². The summed E-state index contributed by atoms with van der Waals surface area (Å²) in [6.07, 6.45) is 3.12. The molecule has 0 unspecified atom stereocenters. The average Bonchev–Trinajstić information content (AvgIpc) is 2.95. The van der Waals surface area contributed by atoms with E-state index in [4.69, 9.17) is 4.74 Å². The maximum atomic E-state index is 12.2. The minimum Gasteiger partial charge on any atom is -0.444 e. The van der Waals surface area contributed by atoms with Gasteiger partial charge in [-0.15, -0.1) is 0 Å². The van der Waals surface area contributed by atoms with Crippen LogP contribution in [0.15, 0.2) is 22.9 Å². The zero-order chi connectivity index (χ0) is 18.2. The molecule has 0 saturated carbocycles. The summed E-state index contributed by atoms with van der Waals surface area (Å²) < 4.78 is 8.03. The highest BCUT2D eigenvalue weighted by Gasteiger charge is 2.27. The first-order valence-corrected chi connectivity index (χ1v) is 8.87. The molecule has 25 heavy (non-hydrogen) atoms. The van der Waals surface area contributed by atoms with Crippen molar-refractivity contribution >= 4 is 33.2 Å². The molecule has 2 aromatic heterocycles. The second-order valence-corrected chi connectivity index (χ2v) is 7.88. The van der Waals surface area contributed by atoms with Gasteiger partial charge < -0.3 is 14.5 Å². The van der Waals surface area contributed by atoms with E-state index in [2.05, 4.69) is 32.0 Å². The van der Waals surface area contributed by atoms with Crippen molar-refractivity contribution in [3.63, 3.8) is 0 Å². The summed E-state index contributed by atoms with van der Waals surface area (Å²) in [7, 11) is 0. The summed E-state index contributed by atoms with van der Waals surface area (Å²) in [5.41, 5.74) is 1.77. The molecule has 8 heteroatoms. The number of halogens is 1. The number of hydrogen-bond acceptors (Lipinski definition) is 5. The molecule has 1 amide bonds. The van der Waals surface area contributed by atoms with Crippen molar-refractivity contribution < 1.29 is 9.53 Å². The fourth-order valence-electron chi connectivity index (χ4n) is 2.85. The first-order chi connectivity index (χ1) is 11.8. The highest BCUT2D eigenvalue weighted by molar-refractivity contribution is 9.10. The highest BCUT2D eigenvalue weighted by Crippen LogP contribution is 2.29. The van der Waals surface area contributed by atoms with E-state index in [9.17, 15) is 10.1 Å². The number of carbonyl (C=O) groups excluding carboxylic acids is 1. The Bertz CT molecular complexity index is 841. The standard InChI is InChI=1S/C17H20BrN5O2/c1-17(2,3)25-16(24)22-6-4-21(5-7-22)14-8-13(18)11-23-15(14)12(9-19)10-20-23/h8,10-11H,4-7H2,1-3H3. The van der Waals surface area contributed by atoms with Crippen LogP contribution in [0.2, 0.25) is 0 Å². The number of carbonyl (C=O) groups is 1. The summed E-state index contributed by atoms with van der Waals surface area (Å²) in [6, 6.07) is 4.18. The molecule has 1 aliphatic heterocycles. The molecule has 0 bridgehead atoms. The van der Waals surface area contributed by atoms with Gasteiger partial charge in [0.05, 0.1) is 17.4 Å². The van der Waals surface area contributed by atoms with Crippen LogP contribution < -0.4 is 4.90 Å². The molecular formula is C17H20BrN5O2. The third-order valence-electron chi connectivity index (χ3n) is 3.95. The summed E-state index contributed by atoms with van der Waals surface area (Å²) >= 11 is 3.49. The SMILES string of the molecule is CC(C)(C)OC(=O)N1CCN(c2cc(Br)cn3ncc(C#N)c23)CC1. The van der Waals surface area contributed by atoms with Gasteiger partial charge in [-0.1, -0.05) is 0 Å². The molecule has 0 atom stereocenters. The molecule has 7 nitrogen and oxygen atoms in total. The number of amides is 1. The monoisotopic (exact) mass is 405 g/mol. The van der Waals surface area contributed by atoms with Gasteiger partial charge in [-0.25, -0.2) is 9.31 Å². The van der Waals surface area contributed by atoms with Crippen LogP contribution in [0.3, 0.4) is 0 Å². The summed E-state index contributed by atoms with van der Waals surface area (Å²) in [4.78, 5) is 16.1. The van der Waals surface area contributed by atoms with Crippen molar-refractivity contribution in [2.75, 3.05) is 31.1 Å². The number of anilines is 1. The van der Waals surface area contributed by atoms with E-state index in [1.807, 2.05) is 33.0 Å². The highest BCUT2D eigenvalue weighted by atomic mass is 79.9. The lowest BCUT2D eigenvalue weighted by Crippen LogP contribution is -2.50. The number of nitrogens with zero attached hydrogens (tertiary/aromatic N) is 5. The number of aromatic nitrogens is 2. The van der Waals surface area contributed by atoms with E-state index in [-0.39, 0.29) is 6.09 Å². The van der Waals surface area contributed by atoms with Crippen LogP contribution in [-0.4, -0.2) is 52.4 Å². The van der Waals surface area contributed by atoms with Gasteiger partial charge in [0.2, 0.25) is 0 Å². The lowest BCUT2D eigenvalue weighted by molar-refractivity contribution is 0.0240. The molecule has 1 fully saturated rings. The van der Waals surface area contributed by atoms with E-state index in [1.165, 1.54) is 0 Å². The number of hydrogen-bond donors (Lipinski definition) is 0. The van der Waals surface area contributed by atoms with Gasteiger partial charge in [-0.3, -0.25) is 0 Å². The Balaban J connectivity index is 1.80. The minimum absolute atomic E-state index is 0.284. The molecule has 1 aliphatic rings. The quantitative estimate of drug-likeness (QED) is 0.728. The van der Waals surface area contributed by atoms with E-state index in [0.29, 0.717) is 31.7 Å². The van der Waals surface area contributed by atoms with Crippen LogP contribution in [0.25, 0.3) is 5.52 Å². The Hall–Kier alpha value is -2.27. The summed E-state index contributed by atoms with van der Waals surface area (Å²) in [5, 5.41) is 13.6. The largest absolute Gasteiger partial charge is 0.444 e. The van der Waals surface area contributed by atoms with Gasteiger partial charge in [-0.2, -0.15) is 10.4 Å². The van der Waals surface area contributed by atoms with Crippen LogP contribution in [0, 0.1) is 11.3 Å². The van der Waals surface area contributed by atoms with Crippen LogP contribution in [0.1, 0.15) is 26.3 Å². The first-order valence-electron chi connectivity index (χ1n) is 8.08. The summed E-state index contributed by atoms with van der Waals surface area (Å²) in [6.45, 7) is 8.07. The minimum atomic E-state index is -0.496. The molecule has 3 heterocycles. The van der Waals surface area contributed by atoms with Crippen molar-refractivity contribution in [2.45, 2.75) is 26.4 Å². The van der Waals surface area contributed by atoms with Gasteiger partial charge in [-0.05, 0) is 42.8 Å². The molecule has 0 spiro atoms. The number of ether oxygens (including phenoxy) is 1. The topological polar surface area (TPSA) is 73.9 Å². The van der Waals surface area contributed by atoms with Gasteiger partial charge in [0.15, 0.2) is 0 Å². The Morgan fingerprint density at radius 2 is 2.00 bits per heavy atom. The molecule has 0 aliphatic carbocycles. The van der Waals surface area contributed by atoms with E-state index >= 15 is 0 Å². The van der Waals surface area contributed by atoms with Crippen molar-refractivity contribution in [3.8, 4) is 6.07 Å². The average molecular weight is 406 g/mol. The van der Waals surface area contributed by atoms with Crippen molar-refractivity contribution in [1.29, 1.82) is 5.26 Å². The molecule has 0 radical (unpaired) electrons. The second kappa shape index (κ2) is 6.56. The van der Waals surface area contributed by atoms with Crippen molar-refractivity contribution in [1.82, 2.24) is 14.5 Å². The van der Waals surface area contributed by atoms with Gasteiger partial charge in [0.25, 0.3) is 0 Å². The van der Waals surface area contributed by atoms with Gasteiger partial charge in [0, 0.05) is 36.8 Å². The number of rotatable bonds is 1. The molecule has 3 rings (SSSR count). The van der Waals surface area contributed by atoms with Crippen LogP contribution >= 0.6 is 15.9 Å². The third kappa shape index (κ3) is 3.71. The van der Waals surface area contributed by atoms with E-state index in [1.54, 1.807) is 15.6 Å². The zero-order valence-corrected chi connectivity index (χ0v) is 16.1. The molecule has 132 valence electrons. The number of fused-ring (bicyclic) bond motifs is 1. The molecule has 0 N–H and O–H groups in total. The van der Waals surface area contributed by atoms with Crippen molar-refractivity contribution in [3.05, 3.63) is 28.5 Å². The van der Waals surface area contributed by atoms with Crippen LogP contribution in [-0.2, 0) is 4.74 Å².